The topological polar surface area (TPSA) is 198 Å². The molecule has 0 saturated heterocycles. The van der Waals surface area contributed by atoms with Crippen LogP contribution in [0.4, 0.5) is 11.4 Å². The maximum atomic E-state index is 12.8. The molecule has 16 heteroatoms. The van der Waals surface area contributed by atoms with Crippen molar-refractivity contribution < 1.29 is 49.1 Å². The van der Waals surface area contributed by atoms with E-state index in [0.717, 1.165) is 11.1 Å². The van der Waals surface area contributed by atoms with Crippen LogP contribution < -0.4 is 29.9 Å². The molecule has 6 rings (SSSR count). The second kappa shape index (κ2) is 18.2. The van der Waals surface area contributed by atoms with Gasteiger partial charge in [0.25, 0.3) is 11.8 Å². The molecule has 2 aliphatic heterocycles. The number of aliphatic hydroxyl groups excluding tert-OH is 2. The number of fused-ring (bicyclic) bond motifs is 2. The van der Waals surface area contributed by atoms with E-state index in [-0.39, 0.29) is 64.0 Å². The SMILES string of the molecule is O=C(O)CC(O)CNCCN1C(=O)COc2cc(-c3cccc(-c4cccc(-c5ccc6c(c5)OCC(=O)N6CCNCC(O)CC(=O)O)c4Cl)c3Cl)ccc21. The third-order valence-corrected chi connectivity index (χ3v) is 10.1. The largest absolute Gasteiger partial charge is 0.482 e. The van der Waals surface area contributed by atoms with Crippen molar-refractivity contribution >= 4 is 58.3 Å². The number of nitrogens with one attached hydrogen (secondary N) is 2. The fourth-order valence-electron chi connectivity index (χ4n) is 6.63. The van der Waals surface area contributed by atoms with E-state index in [2.05, 4.69) is 10.6 Å². The number of carbonyl (C=O) groups excluding carboxylic acids is 2. The van der Waals surface area contributed by atoms with Crippen LogP contribution in [0.3, 0.4) is 0 Å². The molecule has 0 spiro atoms. The number of halogens is 2. The fourth-order valence-corrected chi connectivity index (χ4v) is 7.30. The molecule has 0 saturated carbocycles. The van der Waals surface area contributed by atoms with Crippen LogP contribution >= 0.6 is 23.2 Å². The molecular weight excluding hydrogens is 767 g/mol. The quantitative estimate of drug-likeness (QED) is 0.0830. The average molecular weight is 808 g/mol. The number of ether oxygens (including phenoxy) is 2. The van der Waals surface area contributed by atoms with Gasteiger partial charge in [-0.25, -0.2) is 0 Å². The summed E-state index contributed by atoms with van der Waals surface area (Å²) in [6.07, 6.45) is -2.83. The van der Waals surface area contributed by atoms with Crippen LogP contribution in [0.25, 0.3) is 33.4 Å². The molecule has 6 N–H and O–H groups in total. The molecule has 56 heavy (non-hydrogen) atoms. The number of aliphatic hydroxyl groups is 2. The highest BCUT2D eigenvalue weighted by Crippen LogP contribution is 2.45. The van der Waals surface area contributed by atoms with E-state index in [4.69, 9.17) is 42.9 Å². The van der Waals surface area contributed by atoms with Crippen LogP contribution in [0, 0.1) is 0 Å². The van der Waals surface area contributed by atoms with E-state index in [0.29, 0.717) is 68.3 Å². The van der Waals surface area contributed by atoms with Gasteiger partial charge in [-0.05, 0) is 35.4 Å². The lowest BCUT2D eigenvalue weighted by Crippen LogP contribution is -2.43. The molecule has 0 aliphatic carbocycles. The number of carboxylic acid groups (broad SMARTS) is 2. The number of hydrogen-bond acceptors (Lipinski definition) is 10. The van der Waals surface area contributed by atoms with Crippen LogP contribution in [0.2, 0.25) is 10.0 Å². The van der Waals surface area contributed by atoms with E-state index in [1.807, 2.05) is 60.7 Å². The minimum Gasteiger partial charge on any atom is -0.482 e. The fraction of sp³-hybridized carbons (Fsp3) is 0.300. The van der Waals surface area contributed by atoms with Crippen LogP contribution in [-0.4, -0.2) is 109 Å². The number of nitrogens with zero attached hydrogens (tertiary/aromatic N) is 2. The summed E-state index contributed by atoms with van der Waals surface area (Å²) in [4.78, 5) is 50.3. The highest BCUT2D eigenvalue weighted by molar-refractivity contribution is 6.39. The van der Waals surface area contributed by atoms with E-state index < -0.39 is 24.1 Å². The van der Waals surface area contributed by atoms with Gasteiger partial charge in [0.15, 0.2) is 13.2 Å². The van der Waals surface area contributed by atoms with Crippen LogP contribution in [0.5, 0.6) is 11.5 Å². The summed E-state index contributed by atoms with van der Waals surface area (Å²) >= 11 is 14.2. The zero-order valence-electron chi connectivity index (χ0n) is 30.0. The Hall–Kier alpha value is -5.22. The first kappa shape index (κ1) is 40.4. The van der Waals surface area contributed by atoms with Crippen molar-refractivity contribution in [1.29, 1.82) is 0 Å². The maximum Gasteiger partial charge on any atom is 0.306 e. The number of carbonyl (C=O) groups is 4. The lowest BCUT2D eigenvalue weighted by Gasteiger charge is -2.30. The first-order valence-electron chi connectivity index (χ1n) is 17.8. The number of aliphatic carboxylic acids is 2. The molecule has 2 heterocycles. The van der Waals surface area contributed by atoms with Crippen LogP contribution in [0.1, 0.15) is 12.8 Å². The number of hydrogen-bond donors (Lipinski definition) is 6. The van der Waals surface area contributed by atoms with E-state index in [1.165, 1.54) is 0 Å². The molecule has 2 unspecified atom stereocenters. The van der Waals surface area contributed by atoms with Gasteiger partial charge in [0.1, 0.15) is 11.5 Å². The molecule has 2 atom stereocenters. The molecule has 2 amide bonds. The minimum atomic E-state index is -1.09. The second-order valence-corrected chi connectivity index (χ2v) is 14.0. The van der Waals surface area contributed by atoms with Crippen molar-refractivity contribution in [1.82, 2.24) is 10.6 Å². The van der Waals surface area contributed by atoms with Gasteiger partial charge in [0.2, 0.25) is 0 Å². The standard InChI is InChI=1S/C40H40Cl2N4O10/c41-39-27(23-7-9-31-33(15-23)55-21-35(49)45(31)13-11-43-19-25(47)17-37(51)52)3-1-5-29(39)30-6-2-4-28(40(30)42)24-8-10-32-34(16-24)56-22-36(50)46(32)14-12-44-20-26(48)18-38(53)54/h1-10,15-16,25-26,43-44,47-48H,11-14,17-22H2,(H,51,52)(H,53,54). The van der Waals surface area contributed by atoms with Crippen molar-refractivity contribution in [3.8, 4) is 44.9 Å². The number of benzene rings is 4. The molecule has 0 radical (unpaired) electrons. The Labute approximate surface area is 332 Å². The summed E-state index contributed by atoms with van der Waals surface area (Å²) in [7, 11) is 0. The Kier molecular flexibility index (Phi) is 13.1. The number of amides is 2. The zero-order valence-corrected chi connectivity index (χ0v) is 31.6. The molecule has 4 aromatic carbocycles. The van der Waals surface area contributed by atoms with Crippen molar-refractivity contribution in [2.45, 2.75) is 25.0 Å². The minimum absolute atomic E-state index is 0.0770. The number of rotatable bonds is 17. The highest BCUT2D eigenvalue weighted by atomic mass is 35.5. The monoisotopic (exact) mass is 806 g/mol. The summed E-state index contributed by atoms with van der Waals surface area (Å²) < 4.78 is 11.6. The second-order valence-electron chi connectivity index (χ2n) is 13.3. The Bertz CT molecular complexity index is 1980. The molecule has 0 aromatic heterocycles. The molecule has 294 valence electrons. The molecule has 0 fully saturated rings. The zero-order chi connectivity index (χ0) is 39.9. The summed E-state index contributed by atoms with van der Waals surface area (Å²) in [5.41, 5.74) is 5.47. The molecule has 14 nitrogen and oxygen atoms in total. The lowest BCUT2D eigenvalue weighted by molar-refractivity contribution is -0.140. The van der Waals surface area contributed by atoms with Crippen molar-refractivity contribution in [2.24, 2.45) is 0 Å². The summed E-state index contributed by atoms with van der Waals surface area (Å²) in [6, 6.07) is 22.2. The Balaban J connectivity index is 1.19. The Morgan fingerprint density at radius 3 is 1.43 bits per heavy atom. The predicted octanol–water partition coefficient (Wildman–Crippen LogP) is 4.30. The van der Waals surface area contributed by atoms with Gasteiger partial charge in [-0.3, -0.25) is 19.2 Å². The third-order valence-electron chi connectivity index (χ3n) is 9.32. The smallest absolute Gasteiger partial charge is 0.306 e. The summed E-state index contributed by atoms with van der Waals surface area (Å²) in [5.74, 6) is -1.66. The van der Waals surface area contributed by atoms with Crippen LogP contribution in [-0.2, 0) is 19.2 Å². The highest BCUT2D eigenvalue weighted by Gasteiger charge is 2.28. The molecule has 4 aromatic rings. The van der Waals surface area contributed by atoms with Gasteiger partial charge in [-0.2, -0.15) is 0 Å². The summed E-state index contributed by atoms with van der Waals surface area (Å²) in [5, 5.41) is 44.2. The first-order valence-corrected chi connectivity index (χ1v) is 18.6. The normalized spacial score (nSPS) is 14.7. The van der Waals surface area contributed by atoms with Crippen molar-refractivity contribution in [3.05, 3.63) is 82.8 Å². The lowest BCUT2D eigenvalue weighted by atomic mass is 9.95. The molecular formula is C40H40Cl2N4O10. The van der Waals surface area contributed by atoms with Gasteiger partial charge >= 0.3 is 11.9 Å². The van der Waals surface area contributed by atoms with Gasteiger partial charge in [0.05, 0.1) is 46.5 Å². The summed E-state index contributed by atoms with van der Waals surface area (Å²) in [6.45, 7) is 1.07. The average Bonchev–Trinajstić information content (AvgIpc) is 3.16. The number of carboxylic acids is 2. The van der Waals surface area contributed by atoms with E-state index in [1.54, 1.807) is 21.9 Å². The van der Waals surface area contributed by atoms with Crippen molar-refractivity contribution in [3.63, 3.8) is 0 Å². The Morgan fingerprint density at radius 2 is 1.04 bits per heavy atom. The first-order chi connectivity index (χ1) is 26.9. The molecule has 0 bridgehead atoms. The van der Waals surface area contributed by atoms with Crippen LogP contribution in [0.15, 0.2) is 72.8 Å². The Morgan fingerprint density at radius 1 is 0.643 bits per heavy atom. The number of anilines is 2. The van der Waals surface area contributed by atoms with Gasteiger partial charge < -0.3 is 50.3 Å². The molecule has 2 aliphatic rings. The van der Waals surface area contributed by atoms with Crippen molar-refractivity contribution in [2.75, 3.05) is 62.3 Å². The van der Waals surface area contributed by atoms with E-state index in [9.17, 15) is 29.4 Å². The van der Waals surface area contributed by atoms with E-state index >= 15 is 0 Å². The van der Waals surface area contributed by atoms with Gasteiger partial charge in [-0.15, -0.1) is 0 Å². The van der Waals surface area contributed by atoms with Gasteiger partial charge in [-0.1, -0.05) is 71.7 Å². The third kappa shape index (κ3) is 9.41. The predicted molar refractivity (Wildman–Crippen MR) is 211 cm³/mol. The maximum absolute atomic E-state index is 12.8. The van der Waals surface area contributed by atoms with Gasteiger partial charge in [0, 0.05) is 61.5 Å².